The number of nitrogens with zero attached hydrogens (tertiary/aromatic N) is 2. The lowest BCUT2D eigenvalue weighted by Crippen LogP contribution is -2.38. The predicted octanol–water partition coefficient (Wildman–Crippen LogP) is 2.85. The third-order valence-electron chi connectivity index (χ3n) is 3.83. The van der Waals surface area contributed by atoms with E-state index in [0.29, 0.717) is 0 Å². The Balaban J connectivity index is 1.71. The van der Waals surface area contributed by atoms with Crippen LogP contribution in [0.5, 0.6) is 0 Å². The Morgan fingerprint density at radius 1 is 1.19 bits per heavy atom. The molecule has 1 amide bonds. The molecule has 0 N–H and O–H groups in total. The molecule has 3 nitrogen and oxygen atoms in total. The molecule has 2 aromatic rings. The predicted molar refractivity (Wildman–Crippen MR) is 82.2 cm³/mol. The van der Waals surface area contributed by atoms with Gasteiger partial charge in [-0.25, -0.2) is 4.39 Å². The Hall–Kier alpha value is -2.36. The van der Waals surface area contributed by atoms with Crippen LogP contribution in [0.15, 0.2) is 48.5 Å². The van der Waals surface area contributed by atoms with E-state index in [-0.39, 0.29) is 18.3 Å². The number of fused-ring (bicyclic) bond motifs is 1. The lowest BCUT2D eigenvalue weighted by atomic mass is 10.2. The number of amides is 1. The molecule has 108 valence electrons. The summed E-state index contributed by atoms with van der Waals surface area (Å²) in [5.41, 5.74) is 3.06. The molecular weight excluding hydrogens is 267 g/mol. The molecule has 1 aliphatic heterocycles. The lowest BCUT2D eigenvalue weighted by Gasteiger charge is -2.23. The van der Waals surface area contributed by atoms with Gasteiger partial charge in [-0.05, 0) is 42.3 Å². The molecule has 0 spiro atoms. The SMILES string of the molecule is CN(CC(=O)N1CCc2ccccc21)c1ccc(F)cc1. The molecule has 4 heteroatoms. The zero-order chi connectivity index (χ0) is 14.8. The minimum atomic E-state index is -0.271. The number of halogens is 1. The van der Waals surface area contributed by atoms with Gasteiger partial charge in [0.1, 0.15) is 5.82 Å². The molecule has 0 fully saturated rings. The summed E-state index contributed by atoms with van der Waals surface area (Å²) < 4.78 is 12.9. The molecule has 0 saturated heterocycles. The molecule has 0 atom stereocenters. The van der Waals surface area contributed by atoms with Gasteiger partial charge in [-0.1, -0.05) is 18.2 Å². The van der Waals surface area contributed by atoms with Crippen LogP contribution in [0.3, 0.4) is 0 Å². The fraction of sp³-hybridized carbons (Fsp3) is 0.235. The number of anilines is 2. The van der Waals surface area contributed by atoms with Gasteiger partial charge in [-0.3, -0.25) is 4.79 Å². The van der Waals surface area contributed by atoms with Crippen molar-refractivity contribution >= 4 is 17.3 Å². The molecule has 0 unspecified atom stereocenters. The number of rotatable bonds is 3. The van der Waals surface area contributed by atoms with Crippen LogP contribution in [0, 0.1) is 5.82 Å². The van der Waals surface area contributed by atoms with Gasteiger partial charge in [-0.15, -0.1) is 0 Å². The number of carbonyl (C=O) groups excluding carboxylic acids is 1. The third-order valence-corrected chi connectivity index (χ3v) is 3.83. The second-order valence-electron chi connectivity index (χ2n) is 5.26. The summed E-state index contributed by atoms with van der Waals surface area (Å²) in [5.74, 6) is -0.210. The maximum Gasteiger partial charge on any atom is 0.246 e. The number of para-hydroxylation sites is 1. The first-order valence-corrected chi connectivity index (χ1v) is 7.00. The van der Waals surface area contributed by atoms with Crippen LogP contribution in [0.25, 0.3) is 0 Å². The van der Waals surface area contributed by atoms with Gasteiger partial charge in [-0.2, -0.15) is 0 Å². The lowest BCUT2D eigenvalue weighted by molar-refractivity contribution is -0.117. The van der Waals surface area contributed by atoms with E-state index in [9.17, 15) is 9.18 Å². The molecule has 0 bridgehead atoms. The molecule has 1 heterocycles. The first kappa shape index (κ1) is 13.6. The zero-order valence-corrected chi connectivity index (χ0v) is 11.9. The number of benzene rings is 2. The summed E-state index contributed by atoms with van der Waals surface area (Å²) in [6, 6.07) is 14.2. The summed E-state index contributed by atoms with van der Waals surface area (Å²) in [5, 5.41) is 0. The van der Waals surface area contributed by atoms with Crippen LogP contribution in [0.1, 0.15) is 5.56 Å². The van der Waals surface area contributed by atoms with Gasteiger partial charge in [0.25, 0.3) is 0 Å². The molecule has 0 aliphatic carbocycles. The second kappa shape index (κ2) is 5.56. The van der Waals surface area contributed by atoms with Crippen LogP contribution in [0.4, 0.5) is 15.8 Å². The Kier molecular flexibility index (Phi) is 3.60. The number of hydrogen-bond donors (Lipinski definition) is 0. The van der Waals surface area contributed by atoms with E-state index in [0.717, 1.165) is 24.3 Å². The van der Waals surface area contributed by atoms with Crippen molar-refractivity contribution in [2.75, 3.05) is 29.9 Å². The highest BCUT2D eigenvalue weighted by molar-refractivity contribution is 5.98. The highest BCUT2D eigenvalue weighted by Crippen LogP contribution is 2.27. The summed E-state index contributed by atoms with van der Waals surface area (Å²) in [4.78, 5) is 16.1. The van der Waals surface area contributed by atoms with Crippen LogP contribution in [-0.4, -0.2) is 26.0 Å². The summed E-state index contributed by atoms with van der Waals surface area (Å²) in [7, 11) is 1.84. The van der Waals surface area contributed by atoms with E-state index < -0.39 is 0 Å². The fourth-order valence-corrected chi connectivity index (χ4v) is 2.67. The van der Waals surface area contributed by atoms with Gasteiger partial charge >= 0.3 is 0 Å². The summed E-state index contributed by atoms with van der Waals surface area (Å²) >= 11 is 0. The van der Waals surface area contributed by atoms with Crippen molar-refractivity contribution in [3.05, 3.63) is 59.9 Å². The Morgan fingerprint density at radius 2 is 1.90 bits per heavy atom. The second-order valence-corrected chi connectivity index (χ2v) is 5.26. The minimum absolute atomic E-state index is 0.0618. The van der Waals surface area contributed by atoms with Crippen LogP contribution >= 0.6 is 0 Å². The van der Waals surface area contributed by atoms with E-state index in [2.05, 4.69) is 6.07 Å². The smallest absolute Gasteiger partial charge is 0.246 e. The number of hydrogen-bond acceptors (Lipinski definition) is 2. The molecule has 0 aromatic heterocycles. The molecule has 21 heavy (non-hydrogen) atoms. The van der Waals surface area contributed by atoms with Crippen LogP contribution in [-0.2, 0) is 11.2 Å². The standard InChI is InChI=1S/C17H17FN2O/c1-19(15-8-6-14(18)7-9-15)12-17(21)20-11-10-13-4-2-3-5-16(13)20/h2-9H,10-12H2,1H3. The molecule has 0 radical (unpaired) electrons. The largest absolute Gasteiger partial charge is 0.365 e. The summed E-state index contributed by atoms with van der Waals surface area (Å²) in [6.07, 6.45) is 0.905. The summed E-state index contributed by atoms with van der Waals surface area (Å²) in [6.45, 7) is 1.01. The molecule has 1 aliphatic rings. The van der Waals surface area contributed by atoms with E-state index in [4.69, 9.17) is 0 Å². The first-order valence-electron chi connectivity index (χ1n) is 7.00. The van der Waals surface area contributed by atoms with Crippen molar-refractivity contribution in [2.24, 2.45) is 0 Å². The van der Waals surface area contributed by atoms with Crippen molar-refractivity contribution in [3.63, 3.8) is 0 Å². The van der Waals surface area contributed by atoms with E-state index in [1.54, 1.807) is 12.1 Å². The Bertz CT molecular complexity index is 654. The van der Waals surface area contributed by atoms with Crippen molar-refractivity contribution in [1.29, 1.82) is 0 Å². The number of carbonyl (C=O) groups is 1. The van der Waals surface area contributed by atoms with Gasteiger partial charge in [0, 0.05) is 25.0 Å². The maximum absolute atomic E-state index is 12.9. The normalized spacial score (nSPS) is 13.1. The number of likely N-dealkylation sites (N-methyl/N-ethyl adjacent to an activating group) is 1. The molecule has 2 aromatic carbocycles. The average molecular weight is 284 g/mol. The van der Waals surface area contributed by atoms with Crippen LogP contribution < -0.4 is 9.80 Å². The van der Waals surface area contributed by atoms with Crippen molar-refractivity contribution in [2.45, 2.75) is 6.42 Å². The van der Waals surface area contributed by atoms with Gasteiger partial charge < -0.3 is 9.80 Å². The molecule has 0 saturated carbocycles. The highest BCUT2D eigenvalue weighted by Gasteiger charge is 2.24. The first-order chi connectivity index (χ1) is 10.1. The monoisotopic (exact) mass is 284 g/mol. The Labute approximate surface area is 123 Å². The highest BCUT2D eigenvalue weighted by atomic mass is 19.1. The van der Waals surface area contributed by atoms with Gasteiger partial charge in [0.2, 0.25) is 5.91 Å². The third kappa shape index (κ3) is 2.75. The van der Waals surface area contributed by atoms with E-state index in [1.807, 2.05) is 35.0 Å². The zero-order valence-electron chi connectivity index (χ0n) is 11.9. The molecule has 3 rings (SSSR count). The van der Waals surface area contributed by atoms with Crippen molar-refractivity contribution < 1.29 is 9.18 Å². The van der Waals surface area contributed by atoms with E-state index in [1.165, 1.54) is 17.7 Å². The Morgan fingerprint density at radius 3 is 2.67 bits per heavy atom. The van der Waals surface area contributed by atoms with Gasteiger partial charge in [0.15, 0.2) is 0 Å². The topological polar surface area (TPSA) is 23.6 Å². The fourth-order valence-electron chi connectivity index (χ4n) is 2.67. The van der Waals surface area contributed by atoms with Crippen LogP contribution in [0.2, 0.25) is 0 Å². The minimum Gasteiger partial charge on any atom is -0.365 e. The van der Waals surface area contributed by atoms with E-state index >= 15 is 0 Å². The quantitative estimate of drug-likeness (QED) is 0.865. The molecular formula is C17H17FN2O. The average Bonchev–Trinajstić information content (AvgIpc) is 2.92. The maximum atomic E-state index is 12.9. The van der Waals surface area contributed by atoms with Crippen molar-refractivity contribution in [3.8, 4) is 0 Å². The van der Waals surface area contributed by atoms with Crippen molar-refractivity contribution in [1.82, 2.24) is 0 Å². The van der Waals surface area contributed by atoms with Gasteiger partial charge in [0.05, 0.1) is 6.54 Å².